The van der Waals surface area contributed by atoms with Gasteiger partial charge in [-0.2, -0.15) is 0 Å². The molecule has 3 nitrogen and oxygen atoms in total. The molecule has 1 fully saturated rings. The molecule has 118 valence electrons. The summed E-state index contributed by atoms with van der Waals surface area (Å²) in [5.74, 6) is 2.25. The van der Waals surface area contributed by atoms with Crippen molar-refractivity contribution in [3.8, 4) is 5.75 Å². The Labute approximate surface area is 129 Å². The molecule has 3 heteroatoms. The van der Waals surface area contributed by atoms with Crippen LogP contribution in [0.4, 0.5) is 0 Å². The Morgan fingerprint density at radius 3 is 2.33 bits per heavy atom. The van der Waals surface area contributed by atoms with Gasteiger partial charge in [-0.3, -0.25) is 0 Å². The summed E-state index contributed by atoms with van der Waals surface area (Å²) in [4.78, 5) is 0. The van der Waals surface area contributed by atoms with E-state index < -0.39 is 0 Å². The van der Waals surface area contributed by atoms with Crippen LogP contribution in [-0.2, 0) is 4.74 Å². The van der Waals surface area contributed by atoms with Crippen LogP contribution in [0.2, 0.25) is 0 Å². The van der Waals surface area contributed by atoms with Gasteiger partial charge in [0.15, 0.2) is 0 Å². The van der Waals surface area contributed by atoms with Crippen LogP contribution in [0, 0.1) is 11.8 Å². The first kappa shape index (κ1) is 16.3. The molecule has 1 aromatic rings. The standard InChI is InChI=1S/C18H29NO2/c1-5-21-12-17(13(2)3)19-18(14-6-7-14)15-8-10-16(20-4)11-9-15/h8-11,13-14,17-19H,5-7,12H2,1-4H3. The van der Waals surface area contributed by atoms with Crippen LogP contribution in [0.5, 0.6) is 5.75 Å². The van der Waals surface area contributed by atoms with E-state index in [2.05, 4.69) is 50.4 Å². The van der Waals surface area contributed by atoms with Crippen LogP contribution in [-0.4, -0.2) is 26.4 Å². The lowest BCUT2D eigenvalue weighted by atomic mass is 9.98. The maximum Gasteiger partial charge on any atom is 0.118 e. The summed E-state index contributed by atoms with van der Waals surface area (Å²) in [6, 6.07) is 9.32. The molecule has 1 aliphatic rings. The molecule has 0 radical (unpaired) electrons. The number of hydrogen-bond acceptors (Lipinski definition) is 3. The zero-order valence-electron chi connectivity index (χ0n) is 13.8. The van der Waals surface area contributed by atoms with E-state index in [1.165, 1.54) is 18.4 Å². The lowest BCUT2D eigenvalue weighted by Gasteiger charge is -2.29. The van der Waals surface area contributed by atoms with Gasteiger partial charge < -0.3 is 14.8 Å². The smallest absolute Gasteiger partial charge is 0.118 e. The van der Waals surface area contributed by atoms with E-state index in [1.54, 1.807) is 7.11 Å². The average molecular weight is 291 g/mol. The Morgan fingerprint density at radius 1 is 1.19 bits per heavy atom. The van der Waals surface area contributed by atoms with Gasteiger partial charge in [0.1, 0.15) is 5.75 Å². The highest BCUT2D eigenvalue weighted by molar-refractivity contribution is 5.30. The summed E-state index contributed by atoms with van der Waals surface area (Å²) >= 11 is 0. The maximum absolute atomic E-state index is 5.65. The van der Waals surface area contributed by atoms with Crippen molar-refractivity contribution in [2.24, 2.45) is 11.8 Å². The molecule has 0 amide bonds. The lowest BCUT2D eigenvalue weighted by Crippen LogP contribution is -2.41. The third-order valence-electron chi connectivity index (χ3n) is 4.27. The summed E-state index contributed by atoms with van der Waals surface area (Å²) in [5, 5.41) is 3.84. The van der Waals surface area contributed by atoms with Crippen molar-refractivity contribution in [2.45, 2.75) is 45.7 Å². The molecule has 1 aromatic carbocycles. The Morgan fingerprint density at radius 2 is 1.86 bits per heavy atom. The van der Waals surface area contributed by atoms with Gasteiger partial charge in [-0.15, -0.1) is 0 Å². The summed E-state index contributed by atoms with van der Waals surface area (Å²) in [6.45, 7) is 8.14. The zero-order valence-corrected chi connectivity index (χ0v) is 13.8. The molecule has 2 atom stereocenters. The van der Waals surface area contributed by atoms with Crippen LogP contribution in [0.3, 0.4) is 0 Å². The number of rotatable bonds is 9. The van der Waals surface area contributed by atoms with Crippen molar-refractivity contribution in [2.75, 3.05) is 20.3 Å². The Kier molecular flexibility index (Phi) is 6.07. The van der Waals surface area contributed by atoms with Crippen molar-refractivity contribution < 1.29 is 9.47 Å². The maximum atomic E-state index is 5.65. The van der Waals surface area contributed by atoms with Gasteiger partial charge in [0.2, 0.25) is 0 Å². The van der Waals surface area contributed by atoms with Gasteiger partial charge in [-0.25, -0.2) is 0 Å². The molecule has 0 saturated heterocycles. The average Bonchev–Trinajstić information content (AvgIpc) is 3.32. The normalized spacial score (nSPS) is 17.8. The minimum Gasteiger partial charge on any atom is -0.497 e. The van der Waals surface area contributed by atoms with Crippen LogP contribution in [0.25, 0.3) is 0 Å². The third-order valence-corrected chi connectivity index (χ3v) is 4.27. The predicted octanol–water partition coefficient (Wildman–Crippen LogP) is 3.80. The Bertz CT molecular complexity index is 412. The van der Waals surface area contributed by atoms with Crippen LogP contribution in [0.1, 0.15) is 45.2 Å². The van der Waals surface area contributed by atoms with Gasteiger partial charge >= 0.3 is 0 Å². The highest BCUT2D eigenvalue weighted by Crippen LogP contribution is 2.41. The van der Waals surface area contributed by atoms with Gasteiger partial charge in [-0.05, 0) is 49.3 Å². The van der Waals surface area contributed by atoms with Gasteiger partial charge in [0.25, 0.3) is 0 Å². The van der Waals surface area contributed by atoms with Crippen molar-refractivity contribution in [1.82, 2.24) is 5.32 Å². The molecule has 2 unspecified atom stereocenters. The number of hydrogen-bond donors (Lipinski definition) is 1. The Hall–Kier alpha value is -1.06. The van der Waals surface area contributed by atoms with Crippen LogP contribution < -0.4 is 10.1 Å². The largest absolute Gasteiger partial charge is 0.497 e. The van der Waals surface area contributed by atoms with Crippen molar-refractivity contribution in [3.05, 3.63) is 29.8 Å². The molecule has 2 rings (SSSR count). The molecular weight excluding hydrogens is 262 g/mol. The van der Waals surface area contributed by atoms with E-state index in [0.29, 0.717) is 18.0 Å². The first-order valence-electron chi connectivity index (χ1n) is 8.13. The van der Waals surface area contributed by atoms with E-state index in [1.807, 2.05) is 0 Å². The number of nitrogens with one attached hydrogen (secondary N) is 1. The molecule has 0 aliphatic heterocycles. The quantitative estimate of drug-likeness (QED) is 0.750. The first-order valence-corrected chi connectivity index (χ1v) is 8.13. The predicted molar refractivity (Wildman–Crippen MR) is 86.7 cm³/mol. The molecule has 1 aliphatic carbocycles. The molecule has 21 heavy (non-hydrogen) atoms. The number of benzene rings is 1. The summed E-state index contributed by atoms with van der Waals surface area (Å²) < 4.78 is 10.9. The van der Waals surface area contributed by atoms with Crippen molar-refractivity contribution in [1.29, 1.82) is 0 Å². The molecule has 0 spiro atoms. The van der Waals surface area contributed by atoms with Gasteiger partial charge in [0.05, 0.1) is 13.7 Å². The van der Waals surface area contributed by atoms with E-state index in [9.17, 15) is 0 Å². The van der Waals surface area contributed by atoms with Gasteiger partial charge in [0, 0.05) is 18.7 Å². The summed E-state index contributed by atoms with van der Waals surface area (Å²) in [5.41, 5.74) is 1.36. The highest BCUT2D eigenvalue weighted by Gasteiger charge is 2.34. The monoisotopic (exact) mass is 291 g/mol. The molecule has 1 saturated carbocycles. The summed E-state index contributed by atoms with van der Waals surface area (Å²) in [7, 11) is 1.71. The SMILES string of the molecule is CCOCC(NC(c1ccc(OC)cc1)C1CC1)C(C)C. The van der Waals surface area contributed by atoms with Crippen LogP contribution >= 0.6 is 0 Å². The third kappa shape index (κ3) is 4.72. The molecule has 0 heterocycles. The minimum absolute atomic E-state index is 0.401. The van der Waals surface area contributed by atoms with Gasteiger partial charge in [-0.1, -0.05) is 26.0 Å². The molecule has 1 N–H and O–H groups in total. The lowest BCUT2D eigenvalue weighted by molar-refractivity contribution is 0.102. The fraction of sp³-hybridized carbons (Fsp3) is 0.667. The fourth-order valence-electron chi connectivity index (χ4n) is 2.65. The summed E-state index contributed by atoms with van der Waals surface area (Å²) in [6.07, 6.45) is 2.65. The zero-order chi connectivity index (χ0) is 15.2. The van der Waals surface area contributed by atoms with E-state index in [0.717, 1.165) is 24.9 Å². The second kappa shape index (κ2) is 7.81. The fourth-order valence-corrected chi connectivity index (χ4v) is 2.65. The number of methoxy groups -OCH3 is 1. The first-order chi connectivity index (χ1) is 10.2. The van der Waals surface area contributed by atoms with Crippen LogP contribution in [0.15, 0.2) is 24.3 Å². The number of ether oxygens (including phenoxy) is 2. The molecule has 0 aromatic heterocycles. The minimum atomic E-state index is 0.401. The molecule has 0 bridgehead atoms. The highest BCUT2D eigenvalue weighted by atomic mass is 16.5. The van der Waals surface area contributed by atoms with E-state index in [4.69, 9.17) is 9.47 Å². The Balaban J connectivity index is 2.06. The topological polar surface area (TPSA) is 30.5 Å². The van der Waals surface area contributed by atoms with E-state index >= 15 is 0 Å². The molecular formula is C18H29NO2. The van der Waals surface area contributed by atoms with Crippen molar-refractivity contribution >= 4 is 0 Å². The second-order valence-corrected chi connectivity index (χ2v) is 6.26. The second-order valence-electron chi connectivity index (χ2n) is 6.26. The van der Waals surface area contributed by atoms with Crippen molar-refractivity contribution in [3.63, 3.8) is 0 Å². The van der Waals surface area contributed by atoms with E-state index in [-0.39, 0.29) is 0 Å².